The minimum atomic E-state index is -0.327. The van der Waals surface area contributed by atoms with Gasteiger partial charge in [-0.05, 0) is 66.8 Å². The van der Waals surface area contributed by atoms with Crippen LogP contribution in [0.1, 0.15) is 59.2 Å². The zero-order valence-corrected chi connectivity index (χ0v) is 22.6. The SMILES string of the molecule is CCNCC(=O)Nc1cnc(C)c(NC(=O)c2cnc(C)c(/C=C(/c3cccc(CC=O)c3)C(C)C)c2)c1. The Morgan fingerprint density at radius 2 is 1.74 bits per heavy atom. The van der Waals surface area contributed by atoms with Crippen molar-refractivity contribution in [3.8, 4) is 0 Å². The van der Waals surface area contributed by atoms with Crippen molar-refractivity contribution in [3.63, 3.8) is 0 Å². The smallest absolute Gasteiger partial charge is 0.257 e. The van der Waals surface area contributed by atoms with E-state index in [0.717, 1.165) is 34.2 Å². The Hall–Kier alpha value is -4.17. The molecule has 198 valence electrons. The molecule has 38 heavy (non-hydrogen) atoms. The number of hydrogen-bond acceptors (Lipinski definition) is 6. The zero-order chi connectivity index (χ0) is 27.7. The molecule has 0 aliphatic carbocycles. The van der Waals surface area contributed by atoms with Crippen LogP contribution in [0, 0.1) is 19.8 Å². The van der Waals surface area contributed by atoms with Gasteiger partial charge in [-0.25, -0.2) is 0 Å². The van der Waals surface area contributed by atoms with Crippen molar-refractivity contribution < 1.29 is 14.4 Å². The highest BCUT2D eigenvalue weighted by molar-refractivity contribution is 6.05. The average Bonchev–Trinajstić information content (AvgIpc) is 2.89. The maximum absolute atomic E-state index is 13.2. The molecular formula is C30H35N5O3. The minimum absolute atomic E-state index is 0.188. The molecule has 0 spiro atoms. The number of hydrogen-bond donors (Lipinski definition) is 3. The molecule has 3 N–H and O–H groups in total. The molecule has 0 saturated carbocycles. The van der Waals surface area contributed by atoms with Crippen LogP contribution in [0.15, 0.2) is 48.8 Å². The molecule has 0 unspecified atom stereocenters. The second-order valence-corrected chi connectivity index (χ2v) is 9.36. The maximum atomic E-state index is 13.2. The largest absolute Gasteiger partial charge is 0.324 e. The number of carbonyl (C=O) groups is 3. The van der Waals surface area contributed by atoms with Crippen LogP contribution in [-0.4, -0.2) is 41.2 Å². The Balaban J connectivity index is 1.87. The summed E-state index contributed by atoms with van der Waals surface area (Å²) in [6.45, 7) is 10.7. The number of aldehydes is 1. The minimum Gasteiger partial charge on any atom is -0.324 e. The molecule has 0 bridgehead atoms. The van der Waals surface area contributed by atoms with Crippen molar-refractivity contribution >= 4 is 41.1 Å². The number of anilines is 2. The Labute approximate surface area is 224 Å². The molecule has 2 amide bonds. The molecule has 2 aromatic heterocycles. The number of aryl methyl sites for hydroxylation is 2. The molecule has 8 nitrogen and oxygen atoms in total. The van der Waals surface area contributed by atoms with Gasteiger partial charge in [0.15, 0.2) is 0 Å². The Morgan fingerprint density at radius 3 is 2.45 bits per heavy atom. The summed E-state index contributed by atoms with van der Waals surface area (Å²) in [5.41, 5.74) is 6.73. The van der Waals surface area contributed by atoms with Crippen LogP contribution < -0.4 is 16.0 Å². The predicted octanol–water partition coefficient (Wildman–Crippen LogP) is 4.83. The number of benzene rings is 1. The maximum Gasteiger partial charge on any atom is 0.257 e. The van der Waals surface area contributed by atoms with Gasteiger partial charge in [-0.15, -0.1) is 0 Å². The number of pyridine rings is 2. The number of nitrogens with zero attached hydrogens (tertiary/aromatic N) is 2. The number of rotatable bonds is 11. The molecule has 3 aromatic rings. The summed E-state index contributed by atoms with van der Waals surface area (Å²) in [5, 5.41) is 8.64. The van der Waals surface area contributed by atoms with Crippen molar-refractivity contribution in [2.24, 2.45) is 5.92 Å². The first kappa shape index (κ1) is 28.4. The van der Waals surface area contributed by atoms with Crippen molar-refractivity contribution in [2.75, 3.05) is 23.7 Å². The predicted molar refractivity (Wildman–Crippen MR) is 152 cm³/mol. The van der Waals surface area contributed by atoms with Crippen LogP contribution in [-0.2, 0) is 16.0 Å². The van der Waals surface area contributed by atoms with E-state index in [4.69, 9.17) is 0 Å². The van der Waals surface area contributed by atoms with E-state index >= 15 is 0 Å². The van der Waals surface area contributed by atoms with Gasteiger partial charge in [-0.1, -0.05) is 45.0 Å². The van der Waals surface area contributed by atoms with E-state index in [0.29, 0.717) is 35.6 Å². The van der Waals surface area contributed by atoms with Crippen molar-refractivity contribution in [1.29, 1.82) is 0 Å². The van der Waals surface area contributed by atoms with Crippen LogP contribution in [0.2, 0.25) is 0 Å². The van der Waals surface area contributed by atoms with E-state index < -0.39 is 0 Å². The summed E-state index contributed by atoms with van der Waals surface area (Å²) in [6, 6.07) is 11.5. The monoisotopic (exact) mass is 513 g/mol. The van der Waals surface area contributed by atoms with Crippen LogP contribution in [0.25, 0.3) is 11.6 Å². The van der Waals surface area contributed by atoms with Crippen LogP contribution in [0.3, 0.4) is 0 Å². The Morgan fingerprint density at radius 1 is 0.974 bits per heavy atom. The number of allylic oxidation sites excluding steroid dienone is 1. The lowest BCUT2D eigenvalue weighted by Gasteiger charge is -2.15. The van der Waals surface area contributed by atoms with E-state index in [1.54, 1.807) is 25.4 Å². The molecule has 0 radical (unpaired) electrons. The summed E-state index contributed by atoms with van der Waals surface area (Å²) in [5.74, 6) is -0.309. The van der Waals surface area contributed by atoms with E-state index in [9.17, 15) is 14.4 Å². The molecule has 0 aliphatic heterocycles. The van der Waals surface area contributed by atoms with Crippen LogP contribution >= 0.6 is 0 Å². The highest BCUT2D eigenvalue weighted by Gasteiger charge is 2.14. The van der Waals surface area contributed by atoms with Gasteiger partial charge in [0.1, 0.15) is 6.29 Å². The second kappa shape index (κ2) is 13.4. The van der Waals surface area contributed by atoms with Crippen molar-refractivity contribution in [1.82, 2.24) is 15.3 Å². The van der Waals surface area contributed by atoms with Gasteiger partial charge in [-0.2, -0.15) is 0 Å². The quantitative estimate of drug-likeness (QED) is 0.317. The fourth-order valence-corrected chi connectivity index (χ4v) is 3.91. The summed E-state index contributed by atoms with van der Waals surface area (Å²) in [7, 11) is 0. The molecular weight excluding hydrogens is 478 g/mol. The molecule has 0 fully saturated rings. The van der Waals surface area contributed by atoms with Gasteiger partial charge in [0.05, 0.1) is 35.4 Å². The lowest BCUT2D eigenvalue weighted by atomic mass is 9.91. The molecule has 8 heteroatoms. The lowest BCUT2D eigenvalue weighted by Crippen LogP contribution is -2.27. The average molecular weight is 514 g/mol. The highest BCUT2D eigenvalue weighted by Crippen LogP contribution is 2.28. The van der Waals surface area contributed by atoms with Crippen molar-refractivity contribution in [2.45, 2.75) is 41.0 Å². The fourth-order valence-electron chi connectivity index (χ4n) is 3.91. The number of carbonyl (C=O) groups excluding carboxylic acids is 3. The third kappa shape index (κ3) is 7.66. The number of nitrogens with one attached hydrogen (secondary N) is 3. The molecule has 3 rings (SSSR count). The molecule has 0 atom stereocenters. The normalized spacial score (nSPS) is 11.4. The summed E-state index contributed by atoms with van der Waals surface area (Å²) in [6.07, 6.45) is 6.43. The van der Waals surface area contributed by atoms with E-state index in [2.05, 4.69) is 45.8 Å². The van der Waals surface area contributed by atoms with Crippen LogP contribution in [0.5, 0.6) is 0 Å². The summed E-state index contributed by atoms with van der Waals surface area (Å²) < 4.78 is 0. The second-order valence-electron chi connectivity index (χ2n) is 9.36. The Kier molecular flexibility index (Phi) is 10.0. The van der Waals surface area contributed by atoms with Crippen molar-refractivity contribution in [3.05, 3.63) is 82.4 Å². The summed E-state index contributed by atoms with van der Waals surface area (Å²) in [4.78, 5) is 45.0. The fraction of sp³-hybridized carbons (Fsp3) is 0.300. The van der Waals surface area contributed by atoms with Gasteiger partial charge >= 0.3 is 0 Å². The van der Waals surface area contributed by atoms with Gasteiger partial charge in [0.25, 0.3) is 5.91 Å². The van der Waals surface area contributed by atoms with E-state index in [1.165, 1.54) is 0 Å². The first-order chi connectivity index (χ1) is 18.2. The zero-order valence-electron chi connectivity index (χ0n) is 22.6. The number of amides is 2. The highest BCUT2D eigenvalue weighted by atomic mass is 16.2. The number of aromatic nitrogens is 2. The van der Waals surface area contributed by atoms with E-state index in [-0.39, 0.29) is 24.3 Å². The lowest BCUT2D eigenvalue weighted by molar-refractivity contribution is -0.115. The molecule has 0 saturated heterocycles. The van der Waals surface area contributed by atoms with Gasteiger partial charge < -0.3 is 20.7 Å². The first-order valence-electron chi connectivity index (χ1n) is 12.7. The first-order valence-corrected chi connectivity index (χ1v) is 12.7. The Bertz CT molecular complexity index is 1350. The standard InChI is InChI=1S/C30H35N5O3/c1-6-31-18-29(37)34-26-15-28(21(5)33-17-26)35-30(38)25-13-24(20(4)32-16-25)14-27(19(2)3)23-9-7-8-22(12-23)10-11-36/h7-9,11-17,19,31H,6,10,18H2,1-5H3,(H,34,37)(H,35,38)/b27-14+. The van der Waals surface area contributed by atoms with Gasteiger partial charge in [-0.3, -0.25) is 19.6 Å². The third-order valence-corrected chi connectivity index (χ3v) is 6.06. The van der Waals surface area contributed by atoms with Gasteiger partial charge in [0, 0.05) is 18.3 Å². The third-order valence-electron chi connectivity index (χ3n) is 6.06. The topological polar surface area (TPSA) is 113 Å². The molecule has 1 aromatic carbocycles. The van der Waals surface area contributed by atoms with E-state index in [1.807, 2.05) is 44.2 Å². The molecule has 0 aliphatic rings. The number of likely N-dealkylation sites (N-methyl/N-ethyl adjacent to an activating group) is 1. The van der Waals surface area contributed by atoms with Gasteiger partial charge in [0.2, 0.25) is 5.91 Å². The molecule has 2 heterocycles. The van der Waals surface area contributed by atoms with Crippen LogP contribution in [0.4, 0.5) is 11.4 Å². The summed E-state index contributed by atoms with van der Waals surface area (Å²) >= 11 is 0.